The van der Waals surface area contributed by atoms with Crippen LogP contribution in [0.5, 0.6) is 0 Å². The van der Waals surface area contributed by atoms with Gasteiger partial charge in [-0.25, -0.2) is 14.8 Å². The van der Waals surface area contributed by atoms with Crippen LogP contribution in [0.2, 0.25) is 0 Å². The lowest BCUT2D eigenvalue weighted by Crippen LogP contribution is -2.63. The highest BCUT2D eigenvalue weighted by atomic mass is 19.3. The van der Waals surface area contributed by atoms with E-state index in [0.29, 0.717) is 5.92 Å². The van der Waals surface area contributed by atoms with E-state index in [1.165, 1.54) is 0 Å². The lowest BCUT2D eigenvalue weighted by Gasteiger charge is -2.62. The van der Waals surface area contributed by atoms with E-state index in [4.69, 9.17) is 5.11 Å². The maximum atomic E-state index is 13.5. The molecule has 2 N–H and O–H groups in total. The largest absolute Gasteiger partial charge is 0.476 e. The van der Waals surface area contributed by atoms with Crippen LogP contribution in [0.25, 0.3) is 0 Å². The molecule has 3 saturated carbocycles. The summed E-state index contributed by atoms with van der Waals surface area (Å²) in [5, 5.41) is 11.8. The number of halogens is 2. The van der Waals surface area contributed by atoms with Gasteiger partial charge in [0, 0.05) is 12.5 Å². The number of anilines is 1. The zero-order valence-corrected chi connectivity index (χ0v) is 10.3. The first kappa shape index (κ1) is 12.3. The molecule has 7 heteroatoms. The molecule has 0 amide bonds. The van der Waals surface area contributed by atoms with Gasteiger partial charge in [-0.3, -0.25) is 0 Å². The molecule has 2 bridgehead atoms. The average molecular weight is 269 g/mol. The zero-order chi connectivity index (χ0) is 13.8. The minimum absolute atomic E-state index is 0.106. The van der Waals surface area contributed by atoms with Crippen LogP contribution >= 0.6 is 0 Å². The normalized spacial score (nSPS) is 28.3. The minimum atomic E-state index is -3.16. The first-order valence-electron chi connectivity index (χ1n) is 6.06. The van der Waals surface area contributed by atoms with Crippen molar-refractivity contribution in [3.05, 3.63) is 17.6 Å². The Morgan fingerprint density at radius 1 is 1.53 bits per heavy atom. The number of nitrogens with zero attached hydrogens (tertiary/aromatic N) is 2. The van der Waals surface area contributed by atoms with Crippen molar-refractivity contribution in [1.82, 2.24) is 9.97 Å². The summed E-state index contributed by atoms with van der Waals surface area (Å²) in [5.74, 6) is -3.87. The van der Waals surface area contributed by atoms with Crippen LogP contribution in [-0.4, -0.2) is 26.6 Å². The van der Waals surface area contributed by atoms with Crippen LogP contribution in [0.4, 0.5) is 14.6 Å². The van der Waals surface area contributed by atoms with Gasteiger partial charge in [-0.05, 0) is 25.2 Å². The quantitative estimate of drug-likeness (QED) is 0.876. The molecular weight excluding hydrogens is 256 g/mol. The molecule has 3 aliphatic rings. The smallest absolute Gasteiger partial charge is 0.356 e. The van der Waals surface area contributed by atoms with Crippen molar-refractivity contribution in [2.75, 3.05) is 5.32 Å². The molecule has 5 nitrogen and oxygen atoms in total. The second-order valence-corrected chi connectivity index (χ2v) is 5.53. The fourth-order valence-corrected chi connectivity index (χ4v) is 2.78. The maximum Gasteiger partial charge on any atom is 0.356 e. The predicted molar refractivity (Wildman–Crippen MR) is 62.3 cm³/mol. The van der Waals surface area contributed by atoms with Crippen molar-refractivity contribution in [2.45, 2.75) is 37.6 Å². The van der Waals surface area contributed by atoms with Crippen molar-refractivity contribution in [2.24, 2.45) is 5.92 Å². The Morgan fingerprint density at radius 3 is 2.58 bits per heavy atom. The fraction of sp³-hybridized carbons (Fsp3) is 0.583. The van der Waals surface area contributed by atoms with Crippen molar-refractivity contribution < 1.29 is 18.7 Å². The zero-order valence-electron chi connectivity index (χ0n) is 10.3. The Labute approximate surface area is 108 Å². The number of rotatable bonds is 4. The van der Waals surface area contributed by atoms with Gasteiger partial charge in [-0.2, -0.15) is 8.78 Å². The van der Waals surface area contributed by atoms with E-state index in [1.807, 2.05) is 0 Å². The molecule has 0 spiro atoms. The summed E-state index contributed by atoms with van der Waals surface area (Å²) in [6.07, 6.45) is 3.66. The minimum Gasteiger partial charge on any atom is -0.476 e. The van der Waals surface area contributed by atoms with Crippen molar-refractivity contribution in [3.8, 4) is 0 Å². The van der Waals surface area contributed by atoms with E-state index >= 15 is 0 Å². The average Bonchev–Trinajstić information content (AvgIpc) is 2.19. The Hall–Kier alpha value is -1.79. The molecule has 19 heavy (non-hydrogen) atoms. The standard InChI is InChI=1S/C12H13F2N3O2/c1-11(13,14)8-9(16-7(5-15-8)10(18)19)17-12-2-6(3-12)4-12/h5-6H,2-4H2,1H3,(H,16,17)(H,18,19). The molecule has 0 unspecified atom stereocenters. The molecule has 3 fully saturated rings. The van der Waals surface area contributed by atoms with Crippen molar-refractivity contribution in [1.29, 1.82) is 0 Å². The summed E-state index contributed by atoms with van der Waals surface area (Å²) in [6, 6.07) is 0. The molecule has 0 aromatic carbocycles. The molecule has 0 radical (unpaired) electrons. The lowest BCUT2D eigenvalue weighted by molar-refractivity contribution is -0.00210. The topological polar surface area (TPSA) is 75.1 Å². The van der Waals surface area contributed by atoms with Crippen molar-refractivity contribution >= 4 is 11.8 Å². The third-order valence-electron chi connectivity index (χ3n) is 3.83. The van der Waals surface area contributed by atoms with Gasteiger partial charge in [0.05, 0.1) is 6.20 Å². The Balaban J connectivity index is 1.97. The fourth-order valence-electron chi connectivity index (χ4n) is 2.78. The summed E-state index contributed by atoms with van der Waals surface area (Å²) in [6.45, 7) is 0.727. The number of nitrogens with one attached hydrogen (secondary N) is 1. The van der Waals surface area contributed by atoms with E-state index in [-0.39, 0.29) is 17.1 Å². The summed E-state index contributed by atoms with van der Waals surface area (Å²) in [5.41, 5.74) is -0.999. The van der Waals surface area contributed by atoms with E-state index in [9.17, 15) is 13.6 Å². The highest BCUT2D eigenvalue weighted by molar-refractivity contribution is 5.85. The number of hydrogen-bond acceptors (Lipinski definition) is 4. The first-order chi connectivity index (χ1) is 8.79. The molecular formula is C12H13F2N3O2. The highest BCUT2D eigenvalue weighted by Crippen LogP contribution is 2.58. The van der Waals surface area contributed by atoms with E-state index in [2.05, 4.69) is 15.3 Å². The first-order valence-corrected chi connectivity index (χ1v) is 6.06. The summed E-state index contributed by atoms with van der Waals surface area (Å²) < 4.78 is 26.9. The summed E-state index contributed by atoms with van der Waals surface area (Å²) in [4.78, 5) is 18.2. The van der Waals surface area contributed by atoms with Crippen LogP contribution < -0.4 is 5.32 Å². The van der Waals surface area contributed by atoms with E-state index in [0.717, 1.165) is 32.4 Å². The van der Waals surface area contributed by atoms with Gasteiger partial charge >= 0.3 is 5.97 Å². The molecule has 0 aliphatic heterocycles. The number of carboxylic acids is 1. The molecule has 1 heterocycles. The van der Waals surface area contributed by atoms with Gasteiger partial charge < -0.3 is 10.4 Å². The number of aromatic carboxylic acids is 1. The van der Waals surface area contributed by atoms with Gasteiger partial charge in [-0.1, -0.05) is 0 Å². The van der Waals surface area contributed by atoms with Crippen LogP contribution in [0, 0.1) is 5.92 Å². The van der Waals surface area contributed by atoms with Gasteiger partial charge in [0.1, 0.15) is 0 Å². The van der Waals surface area contributed by atoms with Crippen LogP contribution in [-0.2, 0) is 5.92 Å². The predicted octanol–water partition coefficient (Wildman–Crippen LogP) is 2.25. The number of carboxylic acid groups (broad SMARTS) is 1. The molecule has 1 aromatic heterocycles. The molecule has 102 valence electrons. The summed E-state index contributed by atoms with van der Waals surface area (Å²) >= 11 is 0. The van der Waals surface area contributed by atoms with E-state index < -0.39 is 17.6 Å². The van der Waals surface area contributed by atoms with Gasteiger partial charge in [0.25, 0.3) is 5.92 Å². The third-order valence-corrected chi connectivity index (χ3v) is 3.83. The molecule has 3 aliphatic carbocycles. The molecule has 4 rings (SSSR count). The number of alkyl halides is 2. The van der Waals surface area contributed by atoms with Gasteiger partial charge in [0.15, 0.2) is 17.2 Å². The molecule has 0 saturated heterocycles. The van der Waals surface area contributed by atoms with Crippen molar-refractivity contribution in [3.63, 3.8) is 0 Å². The maximum absolute atomic E-state index is 13.5. The van der Waals surface area contributed by atoms with Gasteiger partial charge in [0.2, 0.25) is 0 Å². The number of carbonyl (C=O) groups is 1. The second kappa shape index (κ2) is 3.61. The lowest BCUT2D eigenvalue weighted by atomic mass is 9.50. The Morgan fingerprint density at radius 2 is 2.16 bits per heavy atom. The highest BCUT2D eigenvalue weighted by Gasteiger charge is 2.57. The molecule has 1 aromatic rings. The van der Waals surface area contributed by atoms with Gasteiger partial charge in [-0.15, -0.1) is 0 Å². The second-order valence-electron chi connectivity index (χ2n) is 5.53. The van der Waals surface area contributed by atoms with Crippen LogP contribution in [0.15, 0.2) is 6.20 Å². The van der Waals surface area contributed by atoms with Crippen LogP contribution in [0.1, 0.15) is 42.4 Å². The SMILES string of the molecule is CC(F)(F)c1ncc(C(=O)O)nc1NC12CC(C1)C2. The van der Waals surface area contributed by atoms with E-state index in [1.54, 1.807) is 0 Å². The Kier molecular flexibility index (Phi) is 2.33. The number of aromatic nitrogens is 2. The monoisotopic (exact) mass is 269 g/mol. The Bertz CT molecular complexity index is 539. The summed E-state index contributed by atoms with van der Waals surface area (Å²) in [7, 11) is 0. The third kappa shape index (κ3) is 1.93. The molecule has 0 atom stereocenters. The number of hydrogen-bond donors (Lipinski definition) is 2. The van der Waals surface area contributed by atoms with Crippen LogP contribution in [0.3, 0.4) is 0 Å².